The number of rotatable bonds is 3. The van der Waals surface area contributed by atoms with Crippen LogP contribution >= 0.6 is 0 Å². The standard InChI is InChI=1S/C17H32N2O/c1-17(2)8-5-15(16(17)20)19-11-6-14(7-12-19)13-18-9-3-4-10-18/h14-16,20H,3-13H2,1-2H3. The molecule has 3 rings (SSSR count). The van der Waals surface area contributed by atoms with E-state index in [0.29, 0.717) is 6.04 Å². The van der Waals surface area contributed by atoms with E-state index in [9.17, 15) is 5.11 Å². The summed E-state index contributed by atoms with van der Waals surface area (Å²) in [6.45, 7) is 10.8. The van der Waals surface area contributed by atoms with Crippen LogP contribution in [0.5, 0.6) is 0 Å². The molecule has 2 atom stereocenters. The Hall–Kier alpha value is -0.120. The molecule has 2 heterocycles. The van der Waals surface area contributed by atoms with Gasteiger partial charge in [0.25, 0.3) is 0 Å². The number of likely N-dealkylation sites (tertiary alicyclic amines) is 2. The van der Waals surface area contributed by atoms with Gasteiger partial charge in [-0.15, -0.1) is 0 Å². The van der Waals surface area contributed by atoms with Crippen molar-refractivity contribution in [2.75, 3.05) is 32.7 Å². The molecule has 0 radical (unpaired) electrons. The third-order valence-electron chi connectivity index (χ3n) is 6.08. The summed E-state index contributed by atoms with van der Waals surface area (Å²) >= 11 is 0. The van der Waals surface area contributed by atoms with Crippen LogP contribution in [0.1, 0.15) is 52.4 Å². The first kappa shape index (κ1) is 14.8. The first-order valence-electron chi connectivity index (χ1n) is 8.71. The van der Waals surface area contributed by atoms with Gasteiger partial charge in [0, 0.05) is 12.6 Å². The van der Waals surface area contributed by atoms with Crippen LogP contribution in [0.4, 0.5) is 0 Å². The van der Waals surface area contributed by atoms with E-state index >= 15 is 0 Å². The lowest BCUT2D eigenvalue weighted by Gasteiger charge is -2.39. The molecule has 20 heavy (non-hydrogen) atoms. The van der Waals surface area contributed by atoms with Crippen molar-refractivity contribution in [2.24, 2.45) is 11.3 Å². The Balaban J connectivity index is 1.46. The third-order valence-corrected chi connectivity index (χ3v) is 6.08. The van der Waals surface area contributed by atoms with Gasteiger partial charge in [-0.2, -0.15) is 0 Å². The van der Waals surface area contributed by atoms with Crippen molar-refractivity contribution < 1.29 is 5.11 Å². The van der Waals surface area contributed by atoms with E-state index in [-0.39, 0.29) is 11.5 Å². The molecule has 1 aliphatic carbocycles. The van der Waals surface area contributed by atoms with Crippen LogP contribution in [0.2, 0.25) is 0 Å². The van der Waals surface area contributed by atoms with Crippen molar-refractivity contribution in [3.8, 4) is 0 Å². The predicted octanol–water partition coefficient (Wildman–Crippen LogP) is 2.34. The fourth-order valence-electron chi connectivity index (χ4n) is 4.53. The van der Waals surface area contributed by atoms with Crippen LogP contribution in [0.25, 0.3) is 0 Å². The van der Waals surface area contributed by atoms with Gasteiger partial charge in [0.05, 0.1) is 6.10 Å². The van der Waals surface area contributed by atoms with E-state index in [1.807, 2.05) is 0 Å². The average Bonchev–Trinajstić information content (AvgIpc) is 3.01. The largest absolute Gasteiger partial charge is 0.391 e. The Morgan fingerprint density at radius 3 is 2.20 bits per heavy atom. The second-order valence-electron chi connectivity index (χ2n) is 8.03. The quantitative estimate of drug-likeness (QED) is 0.859. The molecular weight excluding hydrogens is 248 g/mol. The van der Waals surface area contributed by atoms with Gasteiger partial charge in [0.2, 0.25) is 0 Å². The maximum absolute atomic E-state index is 10.5. The Morgan fingerprint density at radius 2 is 1.65 bits per heavy atom. The fraction of sp³-hybridized carbons (Fsp3) is 1.00. The molecule has 0 aromatic rings. The second kappa shape index (κ2) is 5.94. The van der Waals surface area contributed by atoms with Gasteiger partial charge in [-0.3, -0.25) is 4.90 Å². The fourth-order valence-corrected chi connectivity index (χ4v) is 4.53. The molecular formula is C17H32N2O. The maximum Gasteiger partial charge on any atom is 0.0746 e. The van der Waals surface area contributed by atoms with E-state index in [1.165, 1.54) is 71.2 Å². The zero-order chi connectivity index (χ0) is 14.2. The highest BCUT2D eigenvalue weighted by molar-refractivity contribution is 4.97. The zero-order valence-electron chi connectivity index (χ0n) is 13.4. The molecule has 0 aromatic carbocycles. The molecule has 0 bridgehead atoms. The average molecular weight is 280 g/mol. The SMILES string of the molecule is CC1(C)CCC(N2CCC(CN3CCCC3)CC2)C1O. The first-order valence-corrected chi connectivity index (χ1v) is 8.71. The summed E-state index contributed by atoms with van der Waals surface area (Å²) in [5.74, 6) is 0.899. The minimum absolute atomic E-state index is 0.122. The van der Waals surface area contributed by atoms with Crippen molar-refractivity contribution in [3.63, 3.8) is 0 Å². The molecule has 2 aliphatic heterocycles. The minimum Gasteiger partial charge on any atom is -0.391 e. The maximum atomic E-state index is 10.5. The highest BCUT2D eigenvalue weighted by Crippen LogP contribution is 2.40. The third kappa shape index (κ3) is 3.05. The molecule has 3 nitrogen and oxygen atoms in total. The van der Waals surface area contributed by atoms with E-state index < -0.39 is 0 Å². The summed E-state index contributed by atoms with van der Waals surface area (Å²) in [6, 6.07) is 0.428. The molecule has 0 aromatic heterocycles. The van der Waals surface area contributed by atoms with Gasteiger partial charge in [-0.25, -0.2) is 0 Å². The minimum atomic E-state index is -0.127. The molecule has 1 saturated carbocycles. The number of hydrogen-bond donors (Lipinski definition) is 1. The predicted molar refractivity (Wildman–Crippen MR) is 82.8 cm³/mol. The summed E-state index contributed by atoms with van der Waals surface area (Å²) in [7, 11) is 0. The molecule has 2 saturated heterocycles. The molecule has 0 amide bonds. The van der Waals surface area contributed by atoms with Crippen LogP contribution in [-0.4, -0.2) is 59.8 Å². The van der Waals surface area contributed by atoms with E-state index in [4.69, 9.17) is 0 Å². The van der Waals surface area contributed by atoms with Gasteiger partial charge >= 0.3 is 0 Å². The van der Waals surface area contributed by atoms with Crippen molar-refractivity contribution in [1.29, 1.82) is 0 Å². The Labute approximate surface area is 124 Å². The molecule has 3 fully saturated rings. The van der Waals surface area contributed by atoms with Crippen molar-refractivity contribution in [2.45, 2.75) is 64.5 Å². The summed E-state index contributed by atoms with van der Waals surface area (Å²) in [5.41, 5.74) is 0.122. The van der Waals surface area contributed by atoms with Gasteiger partial charge in [-0.1, -0.05) is 13.8 Å². The summed E-state index contributed by atoms with van der Waals surface area (Å²) in [5, 5.41) is 10.5. The second-order valence-corrected chi connectivity index (χ2v) is 8.03. The summed E-state index contributed by atoms with van der Waals surface area (Å²) < 4.78 is 0. The van der Waals surface area contributed by atoms with Crippen molar-refractivity contribution in [3.05, 3.63) is 0 Å². The molecule has 0 spiro atoms. The Kier molecular flexibility index (Phi) is 4.40. The van der Waals surface area contributed by atoms with Crippen LogP contribution in [0.3, 0.4) is 0 Å². The number of aliphatic hydroxyl groups is 1. The lowest BCUT2D eigenvalue weighted by molar-refractivity contribution is 0.00116. The molecule has 3 aliphatic rings. The van der Waals surface area contributed by atoms with Gasteiger partial charge in [0.15, 0.2) is 0 Å². The van der Waals surface area contributed by atoms with Gasteiger partial charge < -0.3 is 10.0 Å². The smallest absolute Gasteiger partial charge is 0.0746 e. The van der Waals surface area contributed by atoms with Crippen LogP contribution in [0.15, 0.2) is 0 Å². The summed E-state index contributed by atoms with van der Waals surface area (Å²) in [4.78, 5) is 5.24. The van der Waals surface area contributed by atoms with E-state index in [2.05, 4.69) is 23.6 Å². The first-order chi connectivity index (χ1) is 9.56. The molecule has 1 N–H and O–H groups in total. The highest BCUT2D eigenvalue weighted by atomic mass is 16.3. The van der Waals surface area contributed by atoms with Crippen molar-refractivity contribution in [1.82, 2.24) is 9.80 Å². The van der Waals surface area contributed by atoms with Gasteiger partial charge in [0.1, 0.15) is 0 Å². The normalized spacial score (nSPS) is 36.8. The van der Waals surface area contributed by atoms with Crippen LogP contribution in [0, 0.1) is 11.3 Å². The van der Waals surface area contributed by atoms with E-state index in [0.717, 1.165) is 5.92 Å². The molecule has 116 valence electrons. The Morgan fingerprint density at radius 1 is 1.00 bits per heavy atom. The topological polar surface area (TPSA) is 26.7 Å². The van der Waals surface area contributed by atoms with Crippen molar-refractivity contribution >= 4 is 0 Å². The molecule has 3 heteroatoms. The Bertz CT molecular complexity index is 317. The monoisotopic (exact) mass is 280 g/mol. The van der Waals surface area contributed by atoms with Gasteiger partial charge in [-0.05, 0) is 76.0 Å². The number of aliphatic hydroxyl groups excluding tert-OH is 1. The highest BCUT2D eigenvalue weighted by Gasteiger charge is 2.43. The number of hydrogen-bond acceptors (Lipinski definition) is 3. The molecule has 2 unspecified atom stereocenters. The number of nitrogens with zero attached hydrogens (tertiary/aromatic N) is 2. The lowest BCUT2D eigenvalue weighted by atomic mass is 9.88. The van der Waals surface area contributed by atoms with Crippen LogP contribution < -0.4 is 0 Å². The zero-order valence-corrected chi connectivity index (χ0v) is 13.4. The van der Waals surface area contributed by atoms with Crippen LogP contribution in [-0.2, 0) is 0 Å². The number of piperidine rings is 1. The lowest BCUT2D eigenvalue weighted by Crippen LogP contribution is -2.48. The summed E-state index contributed by atoms with van der Waals surface area (Å²) in [6.07, 6.45) is 7.71. The van der Waals surface area contributed by atoms with E-state index in [1.54, 1.807) is 0 Å².